The molecule has 0 atom stereocenters. The van der Waals surface area contributed by atoms with Crippen molar-refractivity contribution in [3.63, 3.8) is 0 Å². The summed E-state index contributed by atoms with van der Waals surface area (Å²) in [5, 5.41) is 10.5. The summed E-state index contributed by atoms with van der Waals surface area (Å²) < 4.78 is 1.99. The Balaban J connectivity index is 1.66. The van der Waals surface area contributed by atoms with E-state index in [9.17, 15) is 0 Å². The molecule has 0 fully saturated rings. The molecule has 146 valence electrons. The van der Waals surface area contributed by atoms with E-state index in [2.05, 4.69) is 32.9 Å². The Morgan fingerprint density at radius 2 is 1.84 bits per heavy atom. The van der Waals surface area contributed by atoms with Gasteiger partial charge in [-0.3, -0.25) is 14.5 Å². The monoisotopic (exact) mass is 419 g/mol. The molecule has 0 saturated carbocycles. The third-order valence-corrected chi connectivity index (χ3v) is 5.32. The Bertz CT molecular complexity index is 1540. The van der Waals surface area contributed by atoms with E-state index in [-0.39, 0.29) is 6.42 Å². The van der Waals surface area contributed by atoms with Gasteiger partial charge >= 0.3 is 0 Å². The molecule has 3 heterocycles. The Morgan fingerprint density at radius 1 is 0.935 bits per heavy atom. The van der Waals surface area contributed by atoms with Crippen molar-refractivity contribution in [3.05, 3.63) is 95.2 Å². The summed E-state index contributed by atoms with van der Waals surface area (Å²) in [6.07, 6.45) is 7.26. The first-order valence-electron chi connectivity index (χ1n) is 9.56. The summed E-state index contributed by atoms with van der Waals surface area (Å²) in [6, 6.07) is 17.5. The zero-order chi connectivity index (χ0) is 21.2. The van der Waals surface area contributed by atoms with E-state index in [0.717, 1.165) is 44.3 Å². The molecule has 0 saturated heterocycles. The van der Waals surface area contributed by atoms with Crippen LogP contribution in [0, 0.1) is 23.2 Å². The van der Waals surface area contributed by atoms with Gasteiger partial charge in [0.2, 0.25) is 0 Å². The minimum Gasteiger partial charge on any atom is -0.298 e. The largest absolute Gasteiger partial charge is 0.298 e. The number of hydrogen-bond donors (Lipinski definition) is 0. The molecular formula is C25H14ClN5. The average Bonchev–Trinajstić information content (AvgIpc) is 3.24. The smallest absolute Gasteiger partial charge is 0.108 e. The SMILES string of the molecule is N#CCc1ccc(-n2cnc3cnc4ccc(C#Cc5cccnc5)cc4c32)cc1Cl. The van der Waals surface area contributed by atoms with Gasteiger partial charge in [-0.15, -0.1) is 0 Å². The van der Waals surface area contributed by atoms with Gasteiger partial charge < -0.3 is 0 Å². The van der Waals surface area contributed by atoms with Crippen molar-refractivity contribution in [1.82, 2.24) is 19.5 Å². The molecule has 0 radical (unpaired) electrons. The predicted octanol–water partition coefficient (Wildman–Crippen LogP) is 5.09. The fourth-order valence-corrected chi connectivity index (χ4v) is 3.70. The molecule has 0 N–H and O–H groups in total. The Kier molecular flexibility index (Phi) is 4.80. The van der Waals surface area contributed by atoms with Crippen LogP contribution in [0.3, 0.4) is 0 Å². The predicted molar refractivity (Wildman–Crippen MR) is 121 cm³/mol. The quantitative estimate of drug-likeness (QED) is 0.374. The lowest BCUT2D eigenvalue weighted by molar-refractivity contribution is 1.09. The number of aromatic nitrogens is 4. The Hall–Kier alpha value is -4.19. The number of benzene rings is 2. The number of nitrogens with zero attached hydrogens (tertiary/aromatic N) is 5. The van der Waals surface area contributed by atoms with Crippen LogP contribution < -0.4 is 0 Å². The minimum absolute atomic E-state index is 0.273. The summed E-state index contributed by atoms with van der Waals surface area (Å²) in [6.45, 7) is 0. The highest BCUT2D eigenvalue weighted by Crippen LogP contribution is 2.28. The molecule has 2 aromatic carbocycles. The number of imidazole rings is 1. The summed E-state index contributed by atoms with van der Waals surface area (Å²) in [7, 11) is 0. The minimum atomic E-state index is 0.273. The molecule has 0 aliphatic heterocycles. The topological polar surface area (TPSA) is 67.4 Å². The van der Waals surface area contributed by atoms with Gasteiger partial charge in [-0.2, -0.15) is 5.26 Å². The fourth-order valence-electron chi connectivity index (χ4n) is 3.46. The van der Waals surface area contributed by atoms with Crippen molar-refractivity contribution in [2.45, 2.75) is 6.42 Å². The lowest BCUT2D eigenvalue weighted by atomic mass is 10.1. The van der Waals surface area contributed by atoms with Crippen LogP contribution in [-0.2, 0) is 6.42 Å². The molecular weight excluding hydrogens is 406 g/mol. The maximum Gasteiger partial charge on any atom is 0.108 e. The third-order valence-electron chi connectivity index (χ3n) is 4.97. The van der Waals surface area contributed by atoms with E-state index in [1.54, 1.807) is 24.9 Å². The number of pyridine rings is 2. The van der Waals surface area contributed by atoms with Gasteiger partial charge in [0, 0.05) is 39.6 Å². The molecule has 5 rings (SSSR count). The standard InChI is InChI=1S/C25H14ClN5/c26-22-13-20(7-6-19(22)9-10-27)31-16-30-24-15-29-23-8-5-17(12-21(23)25(24)31)3-4-18-2-1-11-28-14-18/h1-2,5-8,11-16H,9H2. The van der Waals surface area contributed by atoms with Crippen LogP contribution in [-0.4, -0.2) is 19.5 Å². The Morgan fingerprint density at radius 3 is 2.65 bits per heavy atom. The first-order chi connectivity index (χ1) is 15.2. The number of fused-ring (bicyclic) bond motifs is 3. The zero-order valence-corrected chi connectivity index (χ0v) is 17.0. The second-order valence-corrected chi connectivity index (χ2v) is 7.35. The highest BCUT2D eigenvalue weighted by molar-refractivity contribution is 6.31. The van der Waals surface area contributed by atoms with Gasteiger partial charge in [-0.05, 0) is 48.0 Å². The van der Waals surface area contributed by atoms with Crippen molar-refractivity contribution in [2.24, 2.45) is 0 Å². The molecule has 6 heteroatoms. The van der Waals surface area contributed by atoms with Gasteiger partial charge in [0.1, 0.15) is 11.8 Å². The van der Waals surface area contributed by atoms with Crippen LogP contribution in [0.15, 0.2) is 73.4 Å². The van der Waals surface area contributed by atoms with Crippen molar-refractivity contribution < 1.29 is 0 Å². The number of nitriles is 1. The van der Waals surface area contributed by atoms with Gasteiger partial charge in [-0.1, -0.05) is 29.5 Å². The second kappa shape index (κ2) is 7.91. The normalized spacial score (nSPS) is 10.6. The first kappa shape index (κ1) is 18.8. The van der Waals surface area contributed by atoms with E-state index in [0.29, 0.717) is 5.02 Å². The summed E-state index contributed by atoms with van der Waals surface area (Å²) in [4.78, 5) is 13.2. The second-order valence-electron chi connectivity index (χ2n) is 6.94. The number of rotatable bonds is 2. The maximum atomic E-state index is 8.95. The van der Waals surface area contributed by atoms with E-state index >= 15 is 0 Å². The molecule has 3 aromatic heterocycles. The van der Waals surface area contributed by atoms with Crippen molar-refractivity contribution in [3.8, 4) is 23.6 Å². The summed E-state index contributed by atoms with van der Waals surface area (Å²) >= 11 is 6.40. The molecule has 0 amide bonds. The average molecular weight is 420 g/mol. The number of hydrogen-bond acceptors (Lipinski definition) is 4. The molecule has 0 bridgehead atoms. The molecule has 0 unspecified atom stereocenters. The molecule has 5 nitrogen and oxygen atoms in total. The molecule has 0 aliphatic carbocycles. The number of halogens is 1. The summed E-state index contributed by atoms with van der Waals surface area (Å²) in [5.41, 5.74) is 5.97. The van der Waals surface area contributed by atoms with Crippen molar-refractivity contribution in [2.75, 3.05) is 0 Å². The highest BCUT2D eigenvalue weighted by Gasteiger charge is 2.12. The molecule has 31 heavy (non-hydrogen) atoms. The molecule has 5 aromatic rings. The third kappa shape index (κ3) is 3.59. The van der Waals surface area contributed by atoms with Gasteiger partial charge in [0.15, 0.2) is 0 Å². The molecule has 0 spiro atoms. The van der Waals surface area contributed by atoms with Gasteiger partial charge in [0.25, 0.3) is 0 Å². The van der Waals surface area contributed by atoms with Crippen LogP contribution in [0.2, 0.25) is 5.02 Å². The van der Waals surface area contributed by atoms with Crippen LogP contribution in [0.1, 0.15) is 16.7 Å². The summed E-state index contributed by atoms with van der Waals surface area (Å²) in [5.74, 6) is 6.34. The van der Waals surface area contributed by atoms with Gasteiger partial charge in [0.05, 0.1) is 29.7 Å². The van der Waals surface area contributed by atoms with Crippen LogP contribution in [0.5, 0.6) is 0 Å². The van der Waals surface area contributed by atoms with Crippen LogP contribution >= 0.6 is 11.6 Å². The maximum absolute atomic E-state index is 8.95. The van der Waals surface area contributed by atoms with Crippen LogP contribution in [0.4, 0.5) is 0 Å². The van der Waals surface area contributed by atoms with Crippen LogP contribution in [0.25, 0.3) is 27.6 Å². The van der Waals surface area contributed by atoms with E-state index in [1.807, 2.05) is 53.1 Å². The lowest BCUT2D eigenvalue weighted by Crippen LogP contribution is -1.95. The lowest BCUT2D eigenvalue weighted by Gasteiger charge is -2.09. The van der Waals surface area contributed by atoms with E-state index in [1.165, 1.54) is 0 Å². The molecule has 0 aliphatic rings. The van der Waals surface area contributed by atoms with E-state index < -0.39 is 0 Å². The van der Waals surface area contributed by atoms with Crippen molar-refractivity contribution in [1.29, 1.82) is 5.26 Å². The van der Waals surface area contributed by atoms with Gasteiger partial charge in [-0.25, -0.2) is 4.98 Å². The highest BCUT2D eigenvalue weighted by atomic mass is 35.5. The zero-order valence-electron chi connectivity index (χ0n) is 16.2. The van der Waals surface area contributed by atoms with E-state index in [4.69, 9.17) is 16.9 Å². The Labute approximate surface area is 183 Å². The fraction of sp³-hybridized carbons (Fsp3) is 0.0400. The van der Waals surface area contributed by atoms with Crippen molar-refractivity contribution >= 4 is 33.5 Å². The first-order valence-corrected chi connectivity index (χ1v) is 9.94.